The van der Waals surface area contributed by atoms with E-state index in [1.54, 1.807) is 0 Å². The summed E-state index contributed by atoms with van der Waals surface area (Å²) in [4.78, 5) is 17.5. The van der Waals surface area contributed by atoms with Gasteiger partial charge in [-0.1, -0.05) is 12.1 Å². The molecule has 0 spiro atoms. The van der Waals surface area contributed by atoms with Gasteiger partial charge in [0.15, 0.2) is 16.7 Å². The first-order valence-electron chi connectivity index (χ1n) is 8.27. The highest BCUT2D eigenvalue weighted by molar-refractivity contribution is 8.18. The van der Waals surface area contributed by atoms with Crippen LogP contribution in [0.4, 0.5) is 5.69 Å². The van der Waals surface area contributed by atoms with E-state index >= 15 is 0 Å². The highest BCUT2D eigenvalue weighted by atomic mass is 32.2. The number of thioether (sulfide) groups is 1. The van der Waals surface area contributed by atoms with E-state index in [4.69, 9.17) is 9.47 Å². The number of carbonyl (C=O) groups excluding carboxylic acids is 1. The Hall–Kier alpha value is -2.73. The molecule has 2 aliphatic heterocycles. The zero-order valence-corrected chi connectivity index (χ0v) is 15.6. The van der Waals surface area contributed by atoms with Gasteiger partial charge < -0.3 is 14.8 Å². The molecule has 1 N–H and O–H groups in total. The average Bonchev–Trinajstić information content (AvgIpc) is 3.18. The van der Waals surface area contributed by atoms with E-state index in [1.165, 1.54) is 17.3 Å². The minimum Gasteiger partial charge on any atom is -0.454 e. The smallest absolute Gasteiger partial charge is 0.264 e. The van der Waals surface area contributed by atoms with Crippen LogP contribution in [-0.2, 0) is 4.79 Å². The van der Waals surface area contributed by atoms with Crippen LogP contribution >= 0.6 is 11.8 Å². The van der Waals surface area contributed by atoms with Gasteiger partial charge in [-0.05, 0) is 79.1 Å². The molecule has 0 aliphatic carbocycles. The lowest BCUT2D eigenvalue weighted by Crippen LogP contribution is -2.19. The summed E-state index contributed by atoms with van der Waals surface area (Å²) >= 11 is 1.34. The van der Waals surface area contributed by atoms with Crippen molar-refractivity contribution in [3.05, 3.63) is 57.5 Å². The molecule has 1 saturated heterocycles. The number of amides is 1. The van der Waals surface area contributed by atoms with Crippen LogP contribution in [0.5, 0.6) is 11.5 Å². The maximum Gasteiger partial charge on any atom is 0.264 e. The Morgan fingerprint density at radius 1 is 1.12 bits per heavy atom. The molecule has 0 saturated carbocycles. The first-order chi connectivity index (χ1) is 12.5. The molecule has 5 nitrogen and oxygen atoms in total. The molecular weight excluding hydrogens is 348 g/mol. The minimum atomic E-state index is -0.142. The number of benzene rings is 2. The fraction of sp³-hybridized carbons (Fsp3) is 0.200. The maximum atomic E-state index is 12.3. The number of hydrogen-bond acceptors (Lipinski definition) is 5. The van der Waals surface area contributed by atoms with Crippen LogP contribution in [0.25, 0.3) is 6.08 Å². The molecule has 1 fully saturated rings. The molecule has 0 radical (unpaired) electrons. The molecule has 2 aliphatic rings. The van der Waals surface area contributed by atoms with Gasteiger partial charge in [0.25, 0.3) is 5.91 Å². The van der Waals surface area contributed by atoms with Crippen molar-refractivity contribution in [2.75, 3.05) is 6.79 Å². The number of aliphatic imine (C=N–C) groups is 1. The highest BCUT2D eigenvalue weighted by Crippen LogP contribution is 2.37. The molecule has 26 heavy (non-hydrogen) atoms. The zero-order chi connectivity index (χ0) is 18.3. The molecule has 0 bridgehead atoms. The Labute approximate surface area is 156 Å². The number of ether oxygens (including phenoxy) is 2. The fourth-order valence-corrected chi connectivity index (χ4v) is 3.63. The third-order valence-electron chi connectivity index (χ3n) is 4.50. The van der Waals surface area contributed by atoms with Gasteiger partial charge in [0.2, 0.25) is 6.79 Å². The Morgan fingerprint density at radius 2 is 1.88 bits per heavy atom. The van der Waals surface area contributed by atoms with Crippen LogP contribution in [0.1, 0.15) is 22.3 Å². The predicted octanol–water partition coefficient (Wildman–Crippen LogP) is 4.23. The van der Waals surface area contributed by atoms with E-state index < -0.39 is 0 Å². The Balaban J connectivity index is 1.63. The van der Waals surface area contributed by atoms with Crippen LogP contribution in [0.2, 0.25) is 0 Å². The fourth-order valence-electron chi connectivity index (χ4n) is 2.80. The van der Waals surface area contributed by atoms with E-state index in [1.807, 2.05) is 57.2 Å². The largest absolute Gasteiger partial charge is 0.454 e. The van der Waals surface area contributed by atoms with E-state index in [2.05, 4.69) is 10.3 Å². The summed E-state index contributed by atoms with van der Waals surface area (Å²) in [5.41, 5.74) is 5.11. The number of rotatable bonds is 2. The predicted molar refractivity (Wildman–Crippen MR) is 104 cm³/mol. The summed E-state index contributed by atoms with van der Waals surface area (Å²) in [6, 6.07) is 9.80. The molecule has 2 heterocycles. The lowest BCUT2D eigenvalue weighted by atomic mass is 10.1. The Morgan fingerprint density at radius 3 is 2.69 bits per heavy atom. The third kappa shape index (κ3) is 3.08. The third-order valence-corrected chi connectivity index (χ3v) is 5.41. The molecule has 6 heteroatoms. The number of carbonyl (C=O) groups is 1. The van der Waals surface area contributed by atoms with Gasteiger partial charge in [-0.25, -0.2) is 4.99 Å². The van der Waals surface area contributed by atoms with Crippen molar-refractivity contribution >= 4 is 34.6 Å². The maximum absolute atomic E-state index is 12.3. The monoisotopic (exact) mass is 366 g/mol. The SMILES string of the molecule is Cc1cc2c(cc1/C=C1\SC(=Nc3cccc(C)c3C)NC1=O)OCO2. The Bertz CT molecular complexity index is 979. The standard InChI is InChI=1S/C20H18N2O3S/c1-11-5-4-6-15(13(11)3)21-20-22-19(23)18(26-20)9-14-8-17-16(7-12(14)2)24-10-25-17/h4-9H,10H2,1-3H3,(H,21,22,23)/b18-9-. The molecule has 2 aromatic carbocycles. The van der Waals surface area contributed by atoms with E-state index in [-0.39, 0.29) is 12.7 Å². The van der Waals surface area contributed by atoms with Gasteiger partial charge in [0.1, 0.15) is 0 Å². The molecule has 0 unspecified atom stereocenters. The van der Waals surface area contributed by atoms with Crippen LogP contribution in [-0.4, -0.2) is 17.9 Å². The minimum absolute atomic E-state index is 0.142. The topological polar surface area (TPSA) is 59.9 Å². The summed E-state index contributed by atoms with van der Waals surface area (Å²) in [6.07, 6.45) is 1.86. The van der Waals surface area contributed by atoms with E-state index in [0.717, 1.165) is 28.1 Å². The van der Waals surface area contributed by atoms with Gasteiger partial charge in [-0.3, -0.25) is 4.79 Å². The normalized spacial score (nSPS) is 18.7. The van der Waals surface area contributed by atoms with Gasteiger partial charge in [-0.2, -0.15) is 0 Å². The molecule has 1 amide bonds. The van der Waals surface area contributed by atoms with Crippen LogP contribution in [0, 0.1) is 20.8 Å². The second kappa shape index (κ2) is 6.53. The lowest BCUT2D eigenvalue weighted by molar-refractivity contribution is -0.115. The lowest BCUT2D eigenvalue weighted by Gasteiger charge is -2.04. The molecular formula is C20H18N2O3S. The zero-order valence-electron chi connectivity index (χ0n) is 14.8. The van der Waals surface area contributed by atoms with Gasteiger partial charge in [-0.15, -0.1) is 0 Å². The van der Waals surface area contributed by atoms with Crippen molar-refractivity contribution < 1.29 is 14.3 Å². The quantitative estimate of drug-likeness (QED) is 0.808. The molecule has 4 rings (SSSR count). The second-order valence-corrected chi connectivity index (χ2v) is 7.29. The van der Waals surface area contributed by atoms with E-state index in [0.29, 0.717) is 15.8 Å². The van der Waals surface area contributed by atoms with E-state index in [9.17, 15) is 4.79 Å². The number of nitrogens with one attached hydrogen (secondary N) is 1. The summed E-state index contributed by atoms with van der Waals surface area (Å²) in [6.45, 7) is 6.30. The Kier molecular flexibility index (Phi) is 4.20. The van der Waals surface area contributed by atoms with Gasteiger partial charge in [0.05, 0.1) is 10.6 Å². The first kappa shape index (κ1) is 16.7. The second-order valence-electron chi connectivity index (χ2n) is 6.26. The summed E-state index contributed by atoms with van der Waals surface area (Å²) in [7, 11) is 0. The number of aryl methyl sites for hydroxylation is 2. The first-order valence-corrected chi connectivity index (χ1v) is 9.09. The number of amidine groups is 1. The van der Waals surface area contributed by atoms with Crippen LogP contribution < -0.4 is 14.8 Å². The summed E-state index contributed by atoms with van der Waals surface area (Å²) < 4.78 is 10.8. The van der Waals surface area contributed by atoms with Crippen molar-refractivity contribution in [2.24, 2.45) is 4.99 Å². The van der Waals surface area contributed by atoms with Crippen molar-refractivity contribution in [3.63, 3.8) is 0 Å². The molecule has 2 aromatic rings. The van der Waals surface area contributed by atoms with Crippen molar-refractivity contribution in [1.29, 1.82) is 0 Å². The molecule has 0 aromatic heterocycles. The van der Waals surface area contributed by atoms with Gasteiger partial charge >= 0.3 is 0 Å². The number of hydrogen-bond donors (Lipinski definition) is 1. The number of fused-ring (bicyclic) bond motifs is 1. The highest BCUT2D eigenvalue weighted by Gasteiger charge is 2.25. The number of nitrogens with zero attached hydrogens (tertiary/aromatic N) is 1. The average molecular weight is 366 g/mol. The van der Waals surface area contributed by atoms with Crippen molar-refractivity contribution in [1.82, 2.24) is 5.32 Å². The molecule has 0 atom stereocenters. The summed E-state index contributed by atoms with van der Waals surface area (Å²) in [5, 5.41) is 3.43. The van der Waals surface area contributed by atoms with Gasteiger partial charge in [0, 0.05) is 0 Å². The van der Waals surface area contributed by atoms with Crippen molar-refractivity contribution in [3.8, 4) is 11.5 Å². The van der Waals surface area contributed by atoms with Crippen LogP contribution in [0.3, 0.4) is 0 Å². The van der Waals surface area contributed by atoms with Crippen molar-refractivity contribution in [2.45, 2.75) is 20.8 Å². The summed E-state index contributed by atoms with van der Waals surface area (Å²) in [5.74, 6) is 1.30. The molecule has 132 valence electrons. The van der Waals surface area contributed by atoms with Crippen LogP contribution in [0.15, 0.2) is 40.2 Å².